The second-order valence-electron chi connectivity index (χ2n) is 4.87. The SMILES string of the molecule is C/C=C/c1cc(C(=O)NCc2nc(C)cs2)cc(OC)c1OC. The molecule has 1 amide bonds. The van der Waals surface area contributed by atoms with Crippen LogP contribution in [0.3, 0.4) is 0 Å². The molecule has 1 aromatic carbocycles. The number of carbonyl (C=O) groups excluding carboxylic acids is 1. The molecule has 2 aromatic rings. The van der Waals surface area contributed by atoms with E-state index < -0.39 is 0 Å². The van der Waals surface area contributed by atoms with E-state index in [0.29, 0.717) is 23.6 Å². The number of benzene rings is 1. The van der Waals surface area contributed by atoms with Gasteiger partial charge in [0.05, 0.1) is 20.8 Å². The normalized spacial score (nSPS) is 10.8. The van der Waals surface area contributed by atoms with Crippen LogP contribution in [0.2, 0.25) is 0 Å². The number of carbonyl (C=O) groups is 1. The summed E-state index contributed by atoms with van der Waals surface area (Å²) >= 11 is 1.53. The number of methoxy groups -OCH3 is 2. The van der Waals surface area contributed by atoms with Gasteiger partial charge in [0.25, 0.3) is 5.91 Å². The molecular weight excluding hydrogens is 312 g/mol. The van der Waals surface area contributed by atoms with E-state index in [1.165, 1.54) is 11.3 Å². The fourth-order valence-electron chi connectivity index (χ4n) is 2.17. The van der Waals surface area contributed by atoms with Gasteiger partial charge in [-0.2, -0.15) is 0 Å². The minimum Gasteiger partial charge on any atom is -0.493 e. The molecule has 0 aliphatic heterocycles. The summed E-state index contributed by atoms with van der Waals surface area (Å²) in [6.45, 7) is 4.24. The van der Waals surface area contributed by atoms with Gasteiger partial charge in [-0.25, -0.2) is 4.98 Å². The number of aromatic nitrogens is 1. The molecule has 2 rings (SSSR count). The lowest BCUT2D eigenvalue weighted by Crippen LogP contribution is -2.23. The van der Waals surface area contributed by atoms with E-state index in [2.05, 4.69) is 10.3 Å². The number of amides is 1. The van der Waals surface area contributed by atoms with Crippen LogP contribution >= 0.6 is 11.3 Å². The molecule has 0 fully saturated rings. The average Bonchev–Trinajstić information content (AvgIpc) is 2.97. The fourth-order valence-corrected chi connectivity index (χ4v) is 2.88. The maximum Gasteiger partial charge on any atom is 0.251 e. The van der Waals surface area contributed by atoms with Crippen molar-refractivity contribution in [3.63, 3.8) is 0 Å². The zero-order chi connectivity index (χ0) is 16.8. The summed E-state index contributed by atoms with van der Waals surface area (Å²) in [5.74, 6) is 0.959. The Balaban J connectivity index is 2.23. The highest BCUT2D eigenvalue weighted by Gasteiger charge is 2.15. The smallest absolute Gasteiger partial charge is 0.251 e. The summed E-state index contributed by atoms with van der Waals surface area (Å²) in [5.41, 5.74) is 2.27. The van der Waals surface area contributed by atoms with Crippen LogP contribution in [0.25, 0.3) is 6.08 Å². The van der Waals surface area contributed by atoms with Crippen LogP contribution < -0.4 is 14.8 Å². The minimum atomic E-state index is -0.176. The molecule has 0 aliphatic carbocycles. The van der Waals surface area contributed by atoms with Crippen molar-refractivity contribution in [1.82, 2.24) is 10.3 Å². The number of hydrogen-bond donors (Lipinski definition) is 1. The molecule has 5 nitrogen and oxygen atoms in total. The third kappa shape index (κ3) is 4.10. The Morgan fingerprint density at radius 1 is 1.35 bits per heavy atom. The van der Waals surface area contributed by atoms with Crippen LogP contribution in [0.15, 0.2) is 23.6 Å². The largest absolute Gasteiger partial charge is 0.493 e. The van der Waals surface area contributed by atoms with Crippen LogP contribution in [-0.4, -0.2) is 25.1 Å². The minimum absolute atomic E-state index is 0.176. The van der Waals surface area contributed by atoms with Crippen LogP contribution in [0.4, 0.5) is 0 Å². The lowest BCUT2D eigenvalue weighted by Gasteiger charge is -2.13. The summed E-state index contributed by atoms with van der Waals surface area (Å²) in [6, 6.07) is 3.46. The number of nitrogens with zero attached hydrogens (tertiary/aromatic N) is 1. The van der Waals surface area contributed by atoms with Gasteiger partial charge in [0.1, 0.15) is 5.01 Å². The molecule has 0 aliphatic rings. The topological polar surface area (TPSA) is 60.5 Å². The van der Waals surface area contributed by atoms with Crippen molar-refractivity contribution in [2.75, 3.05) is 14.2 Å². The fraction of sp³-hybridized carbons (Fsp3) is 0.294. The summed E-state index contributed by atoms with van der Waals surface area (Å²) in [6.07, 6.45) is 3.76. The van der Waals surface area contributed by atoms with Crippen molar-refractivity contribution >= 4 is 23.3 Å². The Labute approximate surface area is 140 Å². The molecule has 1 aromatic heterocycles. The van der Waals surface area contributed by atoms with E-state index in [0.717, 1.165) is 16.3 Å². The van der Waals surface area contributed by atoms with Gasteiger partial charge in [-0.15, -0.1) is 11.3 Å². The highest BCUT2D eigenvalue weighted by molar-refractivity contribution is 7.09. The Morgan fingerprint density at radius 3 is 2.70 bits per heavy atom. The summed E-state index contributed by atoms with van der Waals surface area (Å²) < 4.78 is 10.7. The first-order valence-electron chi connectivity index (χ1n) is 7.17. The third-order valence-corrected chi connectivity index (χ3v) is 4.15. The quantitative estimate of drug-likeness (QED) is 0.880. The zero-order valence-corrected chi connectivity index (χ0v) is 14.5. The van der Waals surface area contributed by atoms with E-state index in [-0.39, 0.29) is 5.91 Å². The molecule has 0 atom stereocenters. The zero-order valence-electron chi connectivity index (χ0n) is 13.7. The molecule has 1 heterocycles. The van der Waals surface area contributed by atoms with Crippen LogP contribution in [-0.2, 0) is 6.54 Å². The van der Waals surface area contributed by atoms with E-state index in [1.54, 1.807) is 26.4 Å². The van der Waals surface area contributed by atoms with Gasteiger partial charge in [0, 0.05) is 22.2 Å². The first kappa shape index (κ1) is 17.0. The van der Waals surface area contributed by atoms with Crippen molar-refractivity contribution in [2.45, 2.75) is 20.4 Å². The molecule has 0 unspecified atom stereocenters. The molecule has 6 heteroatoms. The van der Waals surface area contributed by atoms with Gasteiger partial charge in [-0.05, 0) is 26.0 Å². The van der Waals surface area contributed by atoms with Crippen molar-refractivity contribution in [3.05, 3.63) is 45.4 Å². The number of hydrogen-bond acceptors (Lipinski definition) is 5. The average molecular weight is 332 g/mol. The van der Waals surface area contributed by atoms with Crippen LogP contribution in [0.1, 0.15) is 33.5 Å². The number of thiazole rings is 1. The predicted molar refractivity (Wildman–Crippen MR) is 92.3 cm³/mol. The molecule has 0 radical (unpaired) electrons. The maximum absolute atomic E-state index is 12.4. The molecule has 122 valence electrons. The Hall–Kier alpha value is -2.34. The first-order valence-corrected chi connectivity index (χ1v) is 8.05. The lowest BCUT2D eigenvalue weighted by atomic mass is 10.1. The van der Waals surface area contributed by atoms with Gasteiger partial charge in [-0.1, -0.05) is 12.2 Å². The standard InChI is InChI=1S/C17H20N2O3S/c1-5-6-12-7-13(8-14(21-3)16(12)22-4)17(20)18-9-15-19-11(2)10-23-15/h5-8,10H,9H2,1-4H3,(H,18,20)/b6-5+. The Bertz CT molecular complexity index is 723. The van der Waals surface area contributed by atoms with Gasteiger partial charge in [0.2, 0.25) is 0 Å². The number of ether oxygens (including phenoxy) is 2. The van der Waals surface area contributed by atoms with Crippen molar-refractivity contribution in [3.8, 4) is 11.5 Å². The number of rotatable bonds is 6. The maximum atomic E-state index is 12.4. The highest BCUT2D eigenvalue weighted by atomic mass is 32.1. The van der Waals surface area contributed by atoms with Gasteiger partial charge in [0.15, 0.2) is 11.5 Å². The molecule has 0 bridgehead atoms. The van der Waals surface area contributed by atoms with Crippen LogP contribution in [0.5, 0.6) is 11.5 Å². The Morgan fingerprint density at radius 2 is 2.13 bits per heavy atom. The lowest BCUT2D eigenvalue weighted by molar-refractivity contribution is 0.0950. The molecule has 0 saturated carbocycles. The third-order valence-electron chi connectivity index (χ3n) is 3.18. The van der Waals surface area contributed by atoms with Crippen molar-refractivity contribution < 1.29 is 14.3 Å². The molecule has 0 spiro atoms. The highest BCUT2D eigenvalue weighted by Crippen LogP contribution is 2.33. The van der Waals surface area contributed by atoms with E-state index in [1.807, 2.05) is 31.4 Å². The second-order valence-corrected chi connectivity index (χ2v) is 5.81. The summed E-state index contributed by atoms with van der Waals surface area (Å²) in [4.78, 5) is 16.7. The van der Waals surface area contributed by atoms with Crippen LogP contribution in [0, 0.1) is 6.92 Å². The van der Waals surface area contributed by atoms with Gasteiger partial charge >= 0.3 is 0 Å². The van der Waals surface area contributed by atoms with Crippen molar-refractivity contribution in [1.29, 1.82) is 0 Å². The number of allylic oxidation sites excluding steroid dienone is 1. The van der Waals surface area contributed by atoms with E-state index in [9.17, 15) is 4.79 Å². The summed E-state index contributed by atoms with van der Waals surface area (Å²) in [5, 5.41) is 5.72. The first-order chi connectivity index (χ1) is 11.1. The van der Waals surface area contributed by atoms with E-state index in [4.69, 9.17) is 9.47 Å². The number of aryl methyl sites for hydroxylation is 1. The second kappa shape index (κ2) is 7.78. The monoisotopic (exact) mass is 332 g/mol. The number of nitrogens with one attached hydrogen (secondary N) is 1. The molecule has 23 heavy (non-hydrogen) atoms. The molecule has 0 saturated heterocycles. The van der Waals surface area contributed by atoms with E-state index >= 15 is 0 Å². The molecular formula is C17H20N2O3S. The van der Waals surface area contributed by atoms with Crippen molar-refractivity contribution in [2.24, 2.45) is 0 Å². The Kier molecular flexibility index (Phi) is 5.76. The predicted octanol–water partition coefficient (Wildman–Crippen LogP) is 3.43. The molecule has 1 N–H and O–H groups in total. The van der Waals surface area contributed by atoms with Gasteiger partial charge in [-0.3, -0.25) is 4.79 Å². The summed E-state index contributed by atoms with van der Waals surface area (Å²) in [7, 11) is 3.13. The van der Waals surface area contributed by atoms with Gasteiger partial charge < -0.3 is 14.8 Å².